The minimum atomic E-state index is -0.864. The predicted octanol–water partition coefficient (Wildman–Crippen LogP) is 1.73. The Hall–Kier alpha value is -1.08. The van der Waals surface area contributed by atoms with Crippen LogP contribution in [0.3, 0.4) is 0 Å². The SMILES string of the molecule is Cc1ccc(C(=O)C(=O)[C@H]2OC[C@H]3OC(C)(C)O[C@@H]23)s1. The van der Waals surface area contributed by atoms with Crippen molar-refractivity contribution in [1.29, 1.82) is 0 Å². The van der Waals surface area contributed by atoms with Gasteiger partial charge in [-0.05, 0) is 32.9 Å². The van der Waals surface area contributed by atoms with Crippen LogP contribution in [0.15, 0.2) is 12.1 Å². The molecular weight excluding hydrogens is 280 g/mol. The molecule has 5 nitrogen and oxygen atoms in total. The molecule has 0 N–H and O–H groups in total. The van der Waals surface area contributed by atoms with Crippen LogP contribution in [0.25, 0.3) is 0 Å². The van der Waals surface area contributed by atoms with Gasteiger partial charge in [0.1, 0.15) is 12.2 Å². The van der Waals surface area contributed by atoms with Gasteiger partial charge in [0, 0.05) is 4.88 Å². The fourth-order valence-electron chi connectivity index (χ4n) is 2.57. The van der Waals surface area contributed by atoms with E-state index in [-0.39, 0.29) is 12.7 Å². The van der Waals surface area contributed by atoms with Gasteiger partial charge in [0.2, 0.25) is 11.6 Å². The molecular formula is C14H16O5S. The molecule has 3 heterocycles. The average molecular weight is 296 g/mol. The molecule has 1 aromatic rings. The molecule has 0 aliphatic carbocycles. The Balaban J connectivity index is 1.76. The molecule has 108 valence electrons. The van der Waals surface area contributed by atoms with E-state index < -0.39 is 29.6 Å². The molecule has 2 aliphatic heterocycles. The lowest BCUT2D eigenvalue weighted by molar-refractivity contribution is -0.176. The fraction of sp³-hybridized carbons (Fsp3) is 0.571. The van der Waals surface area contributed by atoms with Crippen LogP contribution < -0.4 is 0 Å². The third-order valence-electron chi connectivity index (χ3n) is 3.41. The Kier molecular flexibility index (Phi) is 3.29. The quantitative estimate of drug-likeness (QED) is 0.628. The highest BCUT2D eigenvalue weighted by Crippen LogP contribution is 2.36. The van der Waals surface area contributed by atoms with Crippen molar-refractivity contribution in [1.82, 2.24) is 0 Å². The lowest BCUT2D eigenvalue weighted by atomic mass is 10.0. The Morgan fingerprint density at radius 1 is 1.30 bits per heavy atom. The molecule has 2 fully saturated rings. The van der Waals surface area contributed by atoms with Crippen molar-refractivity contribution < 1.29 is 23.8 Å². The van der Waals surface area contributed by atoms with Crippen molar-refractivity contribution in [2.75, 3.05) is 6.61 Å². The molecule has 2 saturated heterocycles. The highest BCUT2D eigenvalue weighted by Gasteiger charge is 2.53. The summed E-state index contributed by atoms with van der Waals surface area (Å²) in [5, 5.41) is 0. The van der Waals surface area contributed by atoms with Crippen LogP contribution in [0, 0.1) is 6.92 Å². The zero-order valence-corrected chi connectivity index (χ0v) is 12.4. The van der Waals surface area contributed by atoms with E-state index in [1.807, 2.05) is 13.0 Å². The number of hydrogen-bond donors (Lipinski definition) is 0. The van der Waals surface area contributed by atoms with Gasteiger partial charge in [-0.3, -0.25) is 9.59 Å². The van der Waals surface area contributed by atoms with Crippen LogP contribution in [0.5, 0.6) is 0 Å². The van der Waals surface area contributed by atoms with Gasteiger partial charge in [0.25, 0.3) is 0 Å². The lowest BCUT2D eigenvalue weighted by Crippen LogP contribution is -2.39. The largest absolute Gasteiger partial charge is 0.364 e. The summed E-state index contributed by atoms with van der Waals surface area (Å²) in [6, 6.07) is 3.49. The smallest absolute Gasteiger partial charge is 0.241 e. The normalized spacial score (nSPS) is 31.2. The molecule has 0 amide bonds. The minimum absolute atomic E-state index is 0.279. The first-order valence-electron chi connectivity index (χ1n) is 6.49. The van der Waals surface area contributed by atoms with Crippen LogP contribution >= 0.6 is 11.3 Å². The van der Waals surface area contributed by atoms with Gasteiger partial charge in [0.15, 0.2) is 11.9 Å². The van der Waals surface area contributed by atoms with Crippen LogP contribution in [0.1, 0.15) is 28.4 Å². The van der Waals surface area contributed by atoms with E-state index in [1.165, 1.54) is 11.3 Å². The average Bonchev–Trinajstić information content (AvgIpc) is 3.01. The minimum Gasteiger partial charge on any atom is -0.364 e. The summed E-state index contributed by atoms with van der Waals surface area (Å²) in [4.78, 5) is 25.9. The summed E-state index contributed by atoms with van der Waals surface area (Å²) < 4.78 is 16.7. The van der Waals surface area contributed by atoms with Crippen LogP contribution in [0.4, 0.5) is 0 Å². The van der Waals surface area contributed by atoms with E-state index in [4.69, 9.17) is 14.2 Å². The maximum absolute atomic E-state index is 12.3. The Labute approximate surface area is 120 Å². The number of carbonyl (C=O) groups excluding carboxylic acids is 2. The Morgan fingerprint density at radius 3 is 2.70 bits per heavy atom. The van der Waals surface area contributed by atoms with Gasteiger partial charge in [0.05, 0.1) is 11.5 Å². The third kappa shape index (κ3) is 2.33. The van der Waals surface area contributed by atoms with Crippen molar-refractivity contribution in [3.8, 4) is 0 Å². The number of Topliss-reactive ketones (excluding diaryl/α,β-unsaturated/α-hetero) is 2. The van der Waals surface area contributed by atoms with E-state index in [0.29, 0.717) is 4.88 Å². The van der Waals surface area contributed by atoms with Gasteiger partial charge < -0.3 is 14.2 Å². The molecule has 0 spiro atoms. The fourth-order valence-corrected chi connectivity index (χ4v) is 3.39. The van der Waals surface area contributed by atoms with Crippen LogP contribution in [-0.4, -0.2) is 42.3 Å². The second-order valence-corrected chi connectivity index (χ2v) is 6.78. The second-order valence-electron chi connectivity index (χ2n) is 5.50. The summed E-state index contributed by atoms with van der Waals surface area (Å²) in [5.41, 5.74) is 0. The predicted molar refractivity (Wildman–Crippen MR) is 72.0 cm³/mol. The maximum Gasteiger partial charge on any atom is 0.241 e. The Morgan fingerprint density at radius 2 is 2.05 bits per heavy atom. The number of hydrogen-bond acceptors (Lipinski definition) is 6. The molecule has 0 saturated carbocycles. The number of fused-ring (bicyclic) bond motifs is 1. The van der Waals surface area contributed by atoms with E-state index >= 15 is 0 Å². The molecule has 1 aromatic heterocycles. The molecule has 6 heteroatoms. The number of carbonyl (C=O) groups is 2. The molecule has 20 heavy (non-hydrogen) atoms. The maximum atomic E-state index is 12.3. The van der Waals surface area contributed by atoms with Crippen LogP contribution in [0.2, 0.25) is 0 Å². The van der Waals surface area contributed by atoms with E-state index in [0.717, 1.165) is 4.88 Å². The molecule has 3 rings (SSSR count). The number of aryl methyl sites for hydroxylation is 1. The Bertz CT molecular complexity index is 562. The molecule has 0 unspecified atom stereocenters. The number of rotatable bonds is 3. The molecule has 0 aromatic carbocycles. The number of ether oxygens (including phenoxy) is 3. The van der Waals surface area contributed by atoms with Crippen molar-refractivity contribution >= 4 is 22.9 Å². The lowest BCUT2D eigenvalue weighted by Gasteiger charge is -2.20. The first-order valence-corrected chi connectivity index (χ1v) is 7.31. The molecule has 3 atom stereocenters. The van der Waals surface area contributed by atoms with Gasteiger partial charge >= 0.3 is 0 Å². The highest BCUT2D eigenvalue weighted by atomic mass is 32.1. The summed E-state index contributed by atoms with van der Waals surface area (Å²) >= 11 is 1.31. The summed E-state index contributed by atoms with van der Waals surface area (Å²) in [5.74, 6) is -1.80. The van der Waals surface area contributed by atoms with Crippen molar-refractivity contribution in [3.05, 3.63) is 21.9 Å². The zero-order valence-electron chi connectivity index (χ0n) is 11.5. The first-order chi connectivity index (χ1) is 9.37. The third-order valence-corrected chi connectivity index (χ3v) is 4.41. The summed E-state index contributed by atoms with van der Waals surface area (Å²) in [6.07, 6.45) is -1.64. The van der Waals surface area contributed by atoms with Gasteiger partial charge in [-0.25, -0.2) is 0 Å². The van der Waals surface area contributed by atoms with Crippen molar-refractivity contribution in [2.24, 2.45) is 0 Å². The second kappa shape index (κ2) is 4.73. The number of ketones is 2. The van der Waals surface area contributed by atoms with E-state index in [1.54, 1.807) is 19.9 Å². The summed E-state index contributed by atoms with van der Waals surface area (Å²) in [6.45, 7) is 5.75. The van der Waals surface area contributed by atoms with Gasteiger partial charge in [-0.2, -0.15) is 0 Å². The van der Waals surface area contributed by atoms with E-state index in [9.17, 15) is 9.59 Å². The number of thiophene rings is 1. The van der Waals surface area contributed by atoms with Crippen molar-refractivity contribution in [2.45, 2.75) is 44.9 Å². The van der Waals surface area contributed by atoms with Crippen molar-refractivity contribution in [3.63, 3.8) is 0 Å². The zero-order chi connectivity index (χ0) is 14.5. The summed E-state index contributed by atoms with van der Waals surface area (Å²) in [7, 11) is 0. The highest BCUT2D eigenvalue weighted by molar-refractivity contribution is 7.14. The monoisotopic (exact) mass is 296 g/mol. The van der Waals surface area contributed by atoms with Crippen LogP contribution in [-0.2, 0) is 19.0 Å². The molecule has 0 radical (unpaired) electrons. The standard InChI is InChI=1S/C14H16O5S/c1-7-4-5-9(20-7)10(15)11(16)13-12-8(6-17-13)18-14(2,3)19-12/h4-5,8,12-13H,6H2,1-3H3/t8-,12-,13-/m1/s1. The van der Waals surface area contributed by atoms with E-state index in [2.05, 4.69) is 0 Å². The molecule has 0 bridgehead atoms. The topological polar surface area (TPSA) is 61.8 Å². The van der Waals surface area contributed by atoms with Gasteiger partial charge in [-0.1, -0.05) is 0 Å². The first kappa shape index (κ1) is 13.9. The molecule has 2 aliphatic rings. The van der Waals surface area contributed by atoms with Gasteiger partial charge in [-0.15, -0.1) is 11.3 Å².